The molecule has 1 fully saturated rings. The topological polar surface area (TPSA) is 63.2 Å². The molecule has 6 nitrogen and oxygen atoms in total. The van der Waals surface area contributed by atoms with Gasteiger partial charge in [0.1, 0.15) is 11.6 Å². The SMILES string of the molecule is C/C(=N/NC(=O)COc1ccc(C)c(C)c1)c1ccc(N2CCOCC2)c(F)c1. The van der Waals surface area contributed by atoms with E-state index in [0.717, 1.165) is 11.1 Å². The zero-order valence-corrected chi connectivity index (χ0v) is 17.0. The number of anilines is 1. The third-order valence-electron chi connectivity index (χ3n) is 4.91. The number of hydrazone groups is 1. The second-order valence-electron chi connectivity index (χ2n) is 7.03. The van der Waals surface area contributed by atoms with Gasteiger partial charge in [-0.05, 0) is 56.2 Å². The highest BCUT2D eigenvalue weighted by atomic mass is 19.1. The van der Waals surface area contributed by atoms with Gasteiger partial charge in [-0.2, -0.15) is 5.10 Å². The van der Waals surface area contributed by atoms with Gasteiger partial charge in [-0.25, -0.2) is 9.82 Å². The highest BCUT2D eigenvalue weighted by Crippen LogP contribution is 2.22. The summed E-state index contributed by atoms with van der Waals surface area (Å²) in [4.78, 5) is 14.0. The van der Waals surface area contributed by atoms with Gasteiger partial charge in [0.2, 0.25) is 0 Å². The highest BCUT2D eigenvalue weighted by Gasteiger charge is 2.16. The first-order chi connectivity index (χ1) is 13.9. The minimum atomic E-state index is -0.381. The van der Waals surface area contributed by atoms with Crippen LogP contribution in [0.2, 0.25) is 0 Å². The summed E-state index contributed by atoms with van der Waals surface area (Å²) in [5.74, 6) is -0.0685. The predicted molar refractivity (Wildman–Crippen MR) is 111 cm³/mol. The number of hydrogen-bond acceptors (Lipinski definition) is 5. The Morgan fingerprint density at radius 3 is 2.62 bits per heavy atom. The van der Waals surface area contributed by atoms with Gasteiger partial charge < -0.3 is 14.4 Å². The molecule has 0 unspecified atom stereocenters. The lowest BCUT2D eigenvalue weighted by atomic mass is 10.1. The van der Waals surface area contributed by atoms with Crippen molar-refractivity contribution in [1.82, 2.24) is 5.43 Å². The normalized spacial score (nSPS) is 14.6. The summed E-state index contributed by atoms with van der Waals surface area (Å²) in [6.45, 7) is 8.09. The van der Waals surface area contributed by atoms with Crippen molar-refractivity contribution in [3.05, 3.63) is 58.9 Å². The standard InChI is InChI=1S/C22H26FN3O3/c1-15-4-6-19(12-16(15)2)29-14-22(27)25-24-17(3)18-5-7-21(20(23)13-18)26-8-10-28-11-9-26/h4-7,12-13H,8-11,14H2,1-3H3,(H,25,27)/b24-17-. The van der Waals surface area contributed by atoms with Crippen LogP contribution in [0.1, 0.15) is 23.6 Å². The van der Waals surface area contributed by atoms with Gasteiger partial charge in [-0.1, -0.05) is 12.1 Å². The molecule has 0 aromatic heterocycles. The van der Waals surface area contributed by atoms with E-state index in [2.05, 4.69) is 10.5 Å². The molecule has 0 saturated carbocycles. The van der Waals surface area contributed by atoms with Crippen LogP contribution in [-0.2, 0) is 9.53 Å². The van der Waals surface area contributed by atoms with E-state index in [-0.39, 0.29) is 18.3 Å². The summed E-state index contributed by atoms with van der Waals surface area (Å²) in [6, 6.07) is 10.6. The molecule has 0 aliphatic carbocycles. The van der Waals surface area contributed by atoms with Crippen LogP contribution >= 0.6 is 0 Å². The third kappa shape index (κ3) is 5.54. The summed E-state index contributed by atoms with van der Waals surface area (Å²) in [5.41, 5.74) is 6.38. The summed E-state index contributed by atoms with van der Waals surface area (Å²) < 4.78 is 25.3. The van der Waals surface area contributed by atoms with E-state index in [4.69, 9.17) is 9.47 Å². The molecule has 1 saturated heterocycles. The first kappa shape index (κ1) is 20.8. The molecule has 0 bridgehead atoms. The minimum Gasteiger partial charge on any atom is -0.484 e. The maximum atomic E-state index is 14.5. The number of amides is 1. The lowest BCUT2D eigenvalue weighted by Crippen LogP contribution is -2.36. The molecular formula is C22H26FN3O3. The van der Waals surface area contributed by atoms with Gasteiger partial charge in [0, 0.05) is 18.7 Å². The lowest BCUT2D eigenvalue weighted by Gasteiger charge is -2.29. The van der Waals surface area contributed by atoms with E-state index in [1.165, 1.54) is 6.07 Å². The molecule has 1 aliphatic heterocycles. The number of morpholine rings is 1. The van der Waals surface area contributed by atoms with Gasteiger partial charge in [0.25, 0.3) is 5.91 Å². The van der Waals surface area contributed by atoms with Crippen LogP contribution in [0, 0.1) is 19.7 Å². The molecule has 1 aliphatic rings. The fraction of sp³-hybridized carbons (Fsp3) is 0.364. The number of rotatable bonds is 6. The zero-order valence-electron chi connectivity index (χ0n) is 17.0. The monoisotopic (exact) mass is 399 g/mol. The van der Waals surface area contributed by atoms with Crippen molar-refractivity contribution in [2.24, 2.45) is 5.10 Å². The van der Waals surface area contributed by atoms with Gasteiger partial charge in [0.15, 0.2) is 6.61 Å². The number of nitrogens with one attached hydrogen (secondary N) is 1. The Morgan fingerprint density at radius 1 is 1.17 bits per heavy atom. The molecule has 0 atom stereocenters. The van der Waals surface area contributed by atoms with E-state index in [1.54, 1.807) is 19.1 Å². The van der Waals surface area contributed by atoms with E-state index >= 15 is 0 Å². The van der Waals surface area contributed by atoms with Crippen LogP contribution in [0.4, 0.5) is 10.1 Å². The Morgan fingerprint density at radius 2 is 1.93 bits per heavy atom. The van der Waals surface area contributed by atoms with Crippen molar-refractivity contribution in [3.8, 4) is 5.75 Å². The molecule has 2 aromatic rings. The number of ether oxygens (including phenoxy) is 2. The first-order valence-corrected chi connectivity index (χ1v) is 9.60. The molecule has 7 heteroatoms. The molecule has 0 spiro atoms. The molecule has 1 heterocycles. The third-order valence-corrected chi connectivity index (χ3v) is 4.91. The fourth-order valence-corrected chi connectivity index (χ4v) is 2.99. The summed E-state index contributed by atoms with van der Waals surface area (Å²) in [7, 11) is 0. The summed E-state index contributed by atoms with van der Waals surface area (Å²) >= 11 is 0. The van der Waals surface area contributed by atoms with E-state index in [9.17, 15) is 9.18 Å². The first-order valence-electron chi connectivity index (χ1n) is 9.60. The smallest absolute Gasteiger partial charge is 0.277 e. The average molecular weight is 399 g/mol. The maximum Gasteiger partial charge on any atom is 0.277 e. The molecule has 0 radical (unpaired) electrons. The Bertz CT molecular complexity index is 908. The predicted octanol–water partition coefficient (Wildman–Crippen LogP) is 3.20. The Hall–Kier alpha value is -2.93. The quantitative estimate of drug-likeness (QED) is 0.599. The largest absolute Gasteiger partial charge is 0.484 e. The Labute approximate surface area is 170 Å². The van der Waals surface area contributed by atoms with Gasteiger partial charge in [0.05, 0.1) is 24.6 Å². The highest BCUT2D eigenvalue weighted by molar-refractivity contribution is 5.99. The maximum absolute atomic E-state index is 14.5. The lowest BCUT2D eigenvalue weighted by molar-refractivity contribution is -0.123. The number of carbonyl (C=O) groups is 1. The van der Waals surface area contributed by atoms with Crippen molar-refractivity contribution in [1.29, 1.82) is 0 Å². The fourth-order valence-electron chi connectivity index (χ4n) is 2.99. The van der Waals surface area contributed by atoms with Gasteiger partial charge in [-0.15, -0.1) is 0 Å². The van der Waals surface area contributed by atoms with Crippen LogP contribution < -0.4 is 15.1 Å². The second kappa shape index (κ2) is 9.52. The average Bonchev–Trinajstić information content (AvgIpc) is 2.73. The molecule has 154 valence electrons. The number of aryl methyl sites for hydroxylation is 2. The molecule has 1 N–H and O–H groups in total. The van der Waals surface area contributed by atoms with E-state index < -0.39 is 0 Å². The summed E-state index contributed by atoms with van der Waals surface area (Å²) in [6.07, 6.45) is 0. The van der Waals surface area contributed by atoms with E-state index in [0.29, 0.717) is 49.0 Å². The Balaban J connectivity index is 1.56. The molecule has 1 amide bonds. The van der Waals surface area contributed by atoms with Crippen LogP contribution in [0.25, 0.3) is 0 Å². The number of benzene rings is 2. The number of carbonyl (C=O) groups excluding carboxylic acids is 1. The van der Waals surface area contributed by atoms with Crippen molar-refractivity contribution in [3.63, 3.8) is 0 Å². The van der Waals surface area contributed by atoms with Crippen LogP contribution in [0.5, 0.6) is 5.75 Å². The number of hydrogen-bond donors (Lipinski definition) is 1. The second-order valence-corrected chi connectivity index (χ2v) is 7.03. The van der Waals surface area contributed by atoms with Gasteiger partial charge >= 0.3 is 0 Å². The van der Waals surface area contributed by atoms with Gasteiger partial charge in [-0.3, -0.25) is 4.79 Å². The minimum absolute atomic E-state index is 0.149. The van der Waals surface area contributed by atoms with Crippen LogP contribution in [-0.4, -0.2) is 44.5 Å². The molecule has 3 rings (SSSR count). The van der Waals surface area contributed by atoms with Crippen molar-refractivity contribution < 1.29 is 18.7 Å². The molecule has 2 aromatic carbocycles. The van der Waals surface area contributed by atoms with Crippen molar-refractivity contribution in [2.75, 3.05) is 37.8 Å². The number of halogens is 1. The number of nitrogens with zero attached hydrogens (tertiary/aromatic N) is 2. The molecular weight excluding hydrogens is 373 g/mol. The summed E-state index contributed by atoms with van der Waals surface area (Å²) in [5, 5.41) is 4.06. The van der Waals surface area contributed by atoms with E-state index in [1.807, 2.05) is 36.9 Å². The van der Waals surface area contributed by atoms with Crippen molar-refractivity contribution >= 4 is 17.3 Å². The molecule has 29 heavy (non-hydrogen) atoms. The van der Waals surface area contributed by atoms with Crippen LogP contribution in [0.15, 0.2) is 41.5 Å². The van der Waals surface area contributed by atoms with Crippen molar-refractivity contribution in [2.45, 2.75) is 20.8 Å². The van der Waals surface area contributed by atoms with Crippen LogP contribution in [0.3, 0.4) is 0 Å². The zero-order chi connectivity index (χ0) is 20.8. The Kier molecular flexibility index (Phi) is 6.82.